The van der Waals surface area contributed by atoms with Crippen LogP contribution in [0.2, 0.25) is 0 Å². The highest BCUT2D eigenvalue weighted by Crippen LogP contribution is 2.25. The summed E-state index contributed by atoms with van der Waals surface area (Å²) in [6.45, 7) is 5.32. The summed E-state index contributed by atoms with van der Waals surface area (Å²) in [6, 6.07) is 8.51. The van der Waals surface area contributed by atoms with E-state index in [2.05, 4.69) is 45.2 Å². The third kappa shape index (κ3) is 5.89. The molecule has 0 heterocycles. The van der Waals surface area contributed by atoms with Crippen LogP contribution in [0.15, 0.2) is 28.7 Å². The minimum atomic E-state index is 0.126. The van der Waals surface area contributed by atoms with Crippen molar-refractivity contribution in [1.82, 2.24) is 10.2 Å². The normalized spacial score (nSPS) is 12.8. The van der Waals surface area contributed by atoms with Crippen molar-refractivity contribution >= 4 is 15.9 Å². The lowest BCUT2D eigenvalue weighted by molar-refractivity contribution is 0.156. The first kappa shape index (κ1) is 17.6. The minimum Gasteiger partial charge on any atom is -0.395 e. The van der Waals surface area contributed by atoms with Gasteiger partial charge in [-0.1, -0.05) is 41.1 Å². The molecule has 5 heteroatoms. The zero-order valence-electron chi connectivity index (χ0n) is 12.1. The van der Waals surface area contributed by atoms with Gasteiger partial charge in [0.15, 0.2) is 0 Å². The van der Waals surface area contributed by atoms with Crippen molar-refractivity contribution in [3.05, 3.63) is 34.3 Å². The number of nitrogens with zero attached hydrogens (tertiary/aromatic N) is 1. The number of hydrogen-bond acceptors (Lipinski definition) is 4. The van der Waals surface area contributed by atoms with Crippen molar-refractivity contribution in [3.8, 4) is 0 Å². The second-order valence-electron chi connectivity index (χ2n) is 4.71. The van der Waals surface area contributed by atoms with Gasteiger partial charge in [0.1, 0.15) is 0 Å². The van der Waals surface area contributed by atoms with E-state index in [0.29, 0.717) is 13.1 Å². The summed E-state index contributed by atoms with van der Waals surface area (Å²) in [5.74, 6) is 0. The highest BCUT2D eigenvalue weighted by atomic mass is 79.9. The summed E-state index contributed by atoms with van der Waals surface area (Å²) in [5.41, 5.74) is 1.25. The number of rotatable bonds is 10. The Labute approximate surface area is 129 Å². The molecule has 4 nitrogen and oxygen atoms in total. The van der Waals surface area contributed by atoms with Crippen molar-refractivity contribution in [1.29, 1.82) is 0 Å². The molecule has 3 N–H and O–H groups in total. The summed E-state index contributed by atoms with van der Waals surface area (Å²) in [6.07, 6.45) is 0.941. The Bertz CT molecular complexity index is 371. The van der Waals surface area contributed by atoms with Crippen molar-refractivity contribution in [2.45, 2.75) is 19.4 Å². The number of halogens is 1. The van der Waals surface area contributed by atoms with Crippen LogP contribution in [0.25, 0.3) is 0 Å². The maximum Gasteiger partial charge on any atom is 0.0558 e. The summed E-state index contributed by atoms with van der Waals surface area (Å²) in [4.78, 5) is 2.08. The van der Waals surface area contributed by atoms with E-state index >= 15 is 0 Å². The molecule has 0 saturated carbocycles. The highest BCUT2D eigenvalue weighted by molar-refractivity contribution is 9.10. The van der Waals surface area contributed by atoms with Gasteiger partial charge in [-0.05, 0) is 24.6 Å². The summed E-state index contributed by atoms with van der Waals surface area (Å²) < 4.78 is 1.11. The van der Waals surface area contributed by atoms with Gasteiger partial charge < -0.3 is 15.5 Å². The van der Waals surface area contributed by atoms with Crippen LogP contribution in [0.1, 0.15) is 24.9 Å². The SMILES string of the molecule is CCNC(CCN(CCO)CCO)c1ccccc1Br. The van der Waals surface area contributed by atoms with Crippen LogP contribution in [0.5, 0.6) is 0 Å². The van der Waals surface area contributed by atoms with Gasteiger partial charge in [0.05, 0.1) is 13.2 Å². The lowest BCUT2D eigenvalue weighted by Gasteiger charge is -2.25. The van der Waals surface area contributed by atoms with Crippen LogP contribution in [-0.4, -0.2) is 54.5 Å². The maximum atomic E-state index is 9.05. The van der Waals surface area contributed by atoms with E-state index in [-0.39, 0.29) is 19.3 Å². The van der Waals surface area contributed by atoms with Crippen molar-refractivity contribution in [3.63, 3.8) is 0 Å². The first-order chi connectivity index (χ1) is 9.72. The topological polar surface area (TPSA) is 55.7 Å². The average Bonchev–Trinajstić information content (AvgIpc) is 2.44. The molecule has 1 atom stereocenters. The molecule has 0 fully saturated rings. The van der Waals surface area contributed by atoms with Gasteiger partial charge in [-0.3, -0.25) is 4.90 Å². The molecule has 0 bridgehead atoms. The molecule has 1 aromatic rings. The molecule has 0 amide bonds. The summed E-state index contributed by atoms with van der Waals surface area (Å²) >= 11 is 3.60. The smallest absolute Gasteiger partial charge is 0.0558 e. The monoisotopic (exact) mass is 344 g/mol. The Morgan fingerprint density at radius 1 is 1.15 bits per heavy atom. The molecule has 0 aliphatic rings. The average molecular weight is 345 g/mol. The third-order valence-corrected chi connectivity index (χ3v) is 4.02. The first-order valence-electron chi connectivity index (χ1n) is 7.14. The van der Waals surface area contributed by atoms with E-state index in [1.165, 1.54) is 5.56 Å². The maximum absolute atomic E-state index is 9.05. The third-order valence-electron chi connectivity index (χ3n) is 3.30. The molecule has 114 valence electrons. The fourth-order valence-electron chi connectivity index (χ4n) is 2.30. The fraction of sp³-hybridized carbons (Fsp3) is 0.600. The van der Waals surface area contributed by atoms with Gasteiger partial charge >= 0.3 is 0 Å². The molecule has 0 radical (unpaired) electrons. The van der Waals surface area contributed by atoms with Crippen LogP contribution < -0.4 is 5.32 Å². The molecular weight excluding hydrogens is 320 g/mol. The zero-order valence-corrected chi connectivity index (χ0v) is 13.6. The summed E-state index contributed by atoms with van der Waals surface area (Å²) in [5, 5.41) is 21.6. The largest absolute Gasteiger partial charge is 0.395 e. The first-order valence-corrected chi connectivity index (χ1v) is 7.94. The van der Waals surface area contributed by atoms with E-state index in [1.807, 2.05) is 12.1 Å². The van der Waals surface area contributed by atoms with Crippen LogP contribution in [0.3, 0.4) is 0 Å². The van der Waals surface area contributed by atoms with E-state index in [9.17, 15) is 0 Å². The molecule has 20 heavy (non-hydrogen) atoms. The second-order valence-corrected chi connectivity index (χ2v) is 5.56. The van der Waals surface area contributed by atoms with Crippen LogP contribution in [-0.2, 0) is 0 Å². The van der Waals surface area contributed by atoms with Gasteiger partial charge in [0, 0.05) is 30.1 Å². The molecule has 1 aromatic carbocycles. The van der Waals surface area contributed by atoms with Gasteiger partial charge in [0.2, 0.25) is 0 Å². The lowest BCUT2D eigenvalue weighted by atomic mass is 10.0. The second kappa shape index (κ2) is 10.3. The van der Waals surface area contributed by atoms with E-state index in [4.69, 9.17) is 10.2 Å². The predicted octanol–water partition coefficient (Wildman–Crippen LogP) is 1.78. The minimum absolute atomic E-state index is 0.126. The Balaban J connectivity index is 2.65. The number of aliphatic hydroxyl groups is 2. The van der Waals surface area contributed by atoms with Gasteiger partial charge in [0.25, 0.3) is 0 Å². The van der Waals surface area contributed by atoms with Crippen molar-refractivity contribution in [2.75, 3.05) is 39.4 Å². The Kier molecular flexibility index (Phi) is 9.05. The van der Waals surface area contributed by atoms with Gasteiger partial charge in [-0.2, -0.15) is 0 Å². The highest BCUT2D eigenvalue weighted by Gasteiger charge is 2.14. The Morgan fingerprint density at radius 3 is 2.35 bits per heavy atom. The van der Waals surface area contributed by atoms with Gasteiger partial charge in [-0.15, -0.1) is 0 Å². The number of hydrogen-bond donors (Lipinski definition) is 3. The van der Waals surface area contributed by atoms with Crippen LogP contribution in [0.4, 0.5) is 0 Å². The lowest BCUT2D eigenvalue weighted by Crippen LogP contribution is -2.33. The summed E-state index contributed by atoms with van der Waals surface area (Å²) in [7, 11) is 0. The molecular formula is C15H25BrN2O2. The van der Waals surface area contributed by atoms with Crippen LogP contribution >= 0.6 is 15.9 Å². The standard InChI is InChI=1S/C15H25BrN2O2/c1-2-17-15(13-5-3-4-6-14(13)16)7-8-18(9-11-19)10-12-20/h3-6,15,17,19-20H,2,7-12H2,1H3. The van der Waals surface area contributed by atoms with Crippen molar-refractivity contribution in [2.24, 2.45) is 0 Å². The molecule has 0 aliphatic heterocycles. The number of aliphatic hydroxyl groups excluding tert-OH is 2. The molecule has 1 rings (SSSR count). The Hall–Kier alpha value is -0.460. The molecule has 1 unspecified atom stereocenters. The van der Waals surface area contributed by atoms with E-state index in [1.54, 1.807) is 0 Å². The quantitative estimate of drug-likeness (QED) is 0.605. The molecule has 0 aromatic heterocycles. The fourth-order valence-corrected chi connectivity index (χ4v) is 2.86. The zero-order chi connectivity index (χ0) is 14.8. The van der Waals surface area contributed by atoms with Crippen LogP contribution in [0, 0.1) is 0 Å². The molecule has 0 aliphatic carbocycles. The van der Waals surface area contributed by atoms with E-state index < -0.39 is 0 Å². The molecule has 0 spiro atoms. The molecule has 0 saturated heterocycles. The number of benzene rings is 1. The Morgan fingerprint density at radius 2 is 1.80 bits per heavy atom. The van der Waals surface area contributed by atoms with Crippen molar-refractivity contribution < 1.29 is 10.2 Å². The van der Waals surface area contributed by atoms with E-state index in [0.717, 1.165) is 24.0 Å². The predicted molar refractivity (Wildman–Crippen MR) is 85.8 cm³/mol. The number of nitrogens with one attached hydrogen (secondary N) is 1. The van der Waals surface area contributed by atoms with Gasteiger partial charge in [-0.25, -0.2) is 0 Å².